The van der Waals surface area contributed by atoms with Crippen molar-refractivity contribution < 1.29 is 22.1 Å². The van der Waals surface area contributed by atoms with Gasteiger partial charge >= 0.3 is 0 Å². The van der Waals surface area contributed by atoms with Gasteiger partial charge in [-0.05, 0) is 54.8 Å². The number of hydrogen-bond acceptors (Lipinski definition) is 9. The van der Waals surface area contributed by atoms with Gasteiger partial charge in [0.1, 0.15) is 17.6 Å². The number of benzene rings is 1. The molecule has 12 heteroatoms. The lowest BCUT2D eigenvalue weighted by Gasteiger charge is -2.36. The van der Waals surface area contributed by atoms with E-state index in [-0.39, 0.29) is 22.5 Å². The second-order valence-corrected chi connectivity index (χ2v) is 10.8. The van der Waals surface area contributed by atoms with Gasteiger partial charge in [0.05, 0.1) is 10.6 Å². The summed E-state index contributed by atoms with van der Waals surface area (Å²) in [6.07, 6.45) is 4.74. The highest BCUT2D eigenvalue weighted by Crippen LogP contribution is 2.28. The van der Waals surface area contributed by atoms with E-state index in [9.17, 15) is 17.6 Å². The Labute approximate surface area is 202 Å². The number of likely N-dealkylation sites (tertiary alicyclic amines) is 1. The molecule has 184 valence electrons. The van der Waals surface area contributed by atoms with Crippen LogP contribution in [0.3, 0.4) is 0 Å². The van der Waals surface area contributed by atoms with Crippen molar-refractivity contribution >= 4 is 27.4 Å². The van der Waals surface area contributed by atoms with Gasteiger partial charge in [0.25, 0.3) is 11.8 Å². The minimum absolute atomic E-state index is 0.0742. The fourth-order valence-electron chi connectivity index (χ4n) is 4.54. The molecule has 0 saturated carbocycles. The number of nitrogens with one attached hydrogen (secondary N) is 1. The Morgan fingerprint density at radius 3 is 2.60 bits per heavy atom. The zero-order chi connectivity index (χ0) is 24.6. The van der Waals surface area contributed by atoms with Crippen molar-refractivity contribution in [2.75, 3.05) is 36.1 Å². The van der Waals surface area contributed by atoms with E-state index >= 15 is 0 Å². The molecule has 1 amide bonds. The number of aromatic nitrogens is 3. The van der Waals surface area contributed by atoms with Crippen LogP contribution in [0, 0.1) is 5.82 Å². The maximum Gasteiger partial charge on any atom is 0.278 e. The smallest absolute Gasteiger partial charge is 0.278 e. The number of hydrogen-bond donors (Lipinski definition) is 1. The molecule has 2 aliphatic heterocycles. The molecule has 2 saturated heterocycles. The summed E-state index contributed by atoms with van der Waals surface area (Å²) in [4.78, 5) is 25.5. The molecule has 1 aromatic carbocycles. The molecule has 10 nitrogen and oxygen atoms in total. The lowest BCUT2D eigenvalue weighted by molar-refractivity contribution is -0.130. The Hall–Kier alpha value is -3.54. The van der Waals surface area contributed by atoms with Crippen molar-refractivity contribution in [3.8, 4) is 11.6 Å². The molecule has 0 bridgehead atoms. The summed E-state index contributed by atoms with van der Waals surface area (Å²) in [5.74, 6) is 0.0947. The number of rotatable bonds is 6. The number of nitrogens with zero attached hydrogens (tertiary/aromatic N) is 5. The van der Waals surface area contributed by atoms with Crippen LogP contribution in [-0.2, 0) is 14.6 Å². The fourth-order valence-corrected chi connectivity index (χ4v) is 5.18. The number of anilines is 2. The van der Waals surface area contributed by atoms with Gasteiger partial charge in [0.15, 0.2) is 9.84 Å². The molecule has 2 aliphatic rings. The molecule has 1 N–H and O–H groups in total. The summed E-state index contributed by atoms with van der Waals surface area (Å²) in [5, 5.41) is 7.03. The zero-order valence-corrected chi connectivity index (χ0v) is 19.9. The Morgan fingerprint density at radius 1 is 1.11 bits per heavy atom. The summed E-state index contributed by atoms with van der Waals surface area (Å²) < 4.78 is 43.0. The quantitative estimate of drug-likeness (QED) is 0.543. The van der Waals surface area contributed by atoms with E-state index in [0.29, 0.717) is 43.6 Å². The van der Waals surface area contributed by atoms with E-state index in [1.165, 1.54) is 12.1 Å². The Kier molecular flexibility index (Phi) is 6.13. The summed E-state index contributed by atoms with van der Waals surface area (Å²) >= 11 is 0. The third-order valence-corrected chi connectivity index (χ3v) is 7.54. The van der Waals surface area contributed by atoms with E-state index in [1.54, 1.807) is 12.3 Å². The lowest BCUT2D eigenvalue weighted by Crippen LogP contribution is -2.47. The van der Waals surface area contributed by atoms with Gasteiger partial charge in [-0.2, -0.15) is 4.98 Å². The van der Waals surface area contributed by atoms with Gasteiger partial charge < -0.3 is 19.6 Å². The highest BCUT2D eigenvalue weighted by molar-refractivity contribution is 7.90. The van der Waals surface area contributed by atoms with E-state index in [4.69, 9.17) is 4.52 Å². The standard InChI is InChI=1S/C23H25FN6O4S/c1-35(32,33)16-5-6-18(17(24)14-16)26-20-9-13-30(22(20)31)15-7-11-29(12-8-15)23-27-21(34-28-23)19-4-2-3-10-25-19/h2-6,10,14-15,20,26H,7-9,11-13H2,1H3/t20-/m0/s1. The fraction of sp³-hybridized carbons (Fsp3) is 0.391. The van der Waals surface area contributed by atoms with Crippen LogP contribution in [0.25, 0.3) is 11.6 Å². The van der Waals surface area contributed by atoms with Gasteiger partial charge in [-0.1, -0.05) is 6.07 Å². The number of halogens is 1. The van der Waals surface area contributed by atoms with Gasteiger partial charge in [-0.3, -0.25) is 9.78 Å². The summed E-state index contributed by atoms with van der Waals surface area (Å²) in [6, 6.07) is 8.67. The van der Waals surface area contributed by atoms with Crippen molar-refractivity contribution in [2.45, 2.75) is 36.2 Å². The second-order valence-electron chi connectivity index (χ2n) is 8.76. The Morgan fingerprint density at radius 2 is 1.91 bits per heavy atom. The van der Waals surface area contributed by atoms with Crippen LogP contribution in [0.15, 0.2) is 52.0 Å². The minimum atomic E-state index is -3.51. The van der Waals surface area contributed by atoms with Gasteiger partial charge in [-0.25, -0.2) is 12.8 Å². The van der Waals surface area contributed by atoms with E-state index in [2.05, 4.69) is 20.4 Å². The highest BCUT2D eigenvalue weighted by Gasteiger charge is 2.38. The molecule has 0 spiro atoms. The number of carbonyl (C=O) groups excluding carboxylic acids is 1. The molecule has 0 radical (unpaired) electrons. The average molecular weight is 501 g/mol. The summed E-state index contributed by atoms with van der Waals surface area (Å²) in [7, 11) is -3.51. The van der Waals surface area contributed by atoms with E-state index in [0.717, 1.165) is 25.2 Å². The normalized spacial score (nSPS) is 19.4. The molecular weight excluding hydrogens is 475 g/mol. The first kappa shape index (κ1) is 23.2. The monoisotopic (exact) mass is 500 g/mol. The molecule has 2 fully saturated rings. The first-order valence-electron chi connectivity index (χ1n) is 11.4. The highest BCUT2D eigenvalue weighted by atomic mass is 32.2. The second kappa shape index (κ2) is 9.25. The molecular formula is C23H25FN6O4S. The molecule has 0 aliphatic carbocycles. The van der Waals surface area contributed by atoms with Crippen LogP contribution in [0.5, 0.6) is 0 Å². The third-order valence-electron chi connectivity index (χ3n) is 6.43. The number of piperidine rings is 1. The zero-order valence-electron chi connectivity index (χ0n) is 19.1. The predicted octanol–water partition coefficient (Wildman–Crippen LogP) is 2.36. The number of amides is 1. The molecule has 35 heavy (non-hydrogen) atoms. The Bertz CT molecular complexity index is 1320. The number of pyridine rings is 1. The number of carbonyl (C=O) groups is 1. The van der Waals surface area contributed by atoms with Crippen LogP contribution in [-0.4, -0.2) is 72.3 Å². The third kappa shape index (κ3) is 4.83. The molecule has 0 unspecified atom stereocenters. The largest absolute Gasteiger partial charge is 0.371 e. The first-order valence-corrected chi connectivity index (χ1v) is 13.3. The molecule has 4 heterocycles. The van der Waals surface area contributed by atoms with Gasteiger partial charge in [0.2, 0.25) is 5.91 Å². The van der Waals surface area contributed by atoms with Crippen LogP contribution in [0.1, 0.15) is 19.3 Å². The van der Waals surface area contributed by atoms with Crippen molar-refractivity contribution in [3.63, 3.8) is 0 Å². The van der Waals surface area contributed by atoms with Crippen LogP contribution in [0.4, 0.5) is 16.0 Å². The minimum Gasteiger partial charge on any atom is -0.371 e. The van der Waals surface area contributed by atoms with Crippen LogP contribution < -0.4 is 10.2 Å². The number of sulfone groups is 1. The maximum absolute atomic E-state index is 14.4. The van der Waals surface area contributed by atoms with Crippen LogP contribution in [0.2, 0.25) is 0 Å². The molecule has 3 aromatic rings. The van der Waals surface area contributed by atoms with Crippen molar-refractivity contribution in [2.24, 2.45) is 0 Å². The summed E-state index contributed by atoms with van der Waals surface area (Å²) in [5.41, 5.74) is 0.734. The predicted molar refractivity (Wildman–Crippen MR) is 126 cm³/mol. The Balaban J connectivity index is 1.18. The molecule has 5 rings (SSSR count). The maximum atomic E-state index is 14.4. The molecule has 2 aromatic heterocycles. The van der Waals surface area contributed by atoms with Crippen molar-refractivity contribution in [3.05, 3.63) is 48.4 Å². The lowest BCUT2D eigenvalue weighted by atomic mass is 10.0. The van der Waals surface area contributed by atoms with E-state index in [1.807, 2.05) is 21.9 Å². The first-order chi connectivity index (χ1) is 16.8. The average Bonchev–Trinajstić information content (AvgIpc) is 3.48. The SMILES string of the molecule is CS(=O)(=O)c1ccc(N[C@H]2CCN(C3CCN(c4noc(-c5ccccn5)n4)CC3)C2=O)c(F)c1. The van der Waals surface area contributed by atoms with Gasteiger partial charge in [0, 0.05) is 38.1 Å². The van der Waals surface area contributed by atoms with E-state index < -0.39 is 21.7 Å². The van der Waals surface area contributed by atoms with Crippen LogP contribution >= 0.6 is 0 Å². The van der Waals surface area contributed by atoms with Gasteiger partial charge in [-0.15, -0.1) is 0 Å². The van der Waals surface area contributed by atoms with Crippen molar-refractivity contribution in [1.29, 1.82) is 0 Å². The van der Waals surface area contributed by atoms with Crippen molar-refractivity contribution in [1.82, 2.24) is 20.0 Å². The summed E-state index contributed by atoms with van der Waals surface area (Å²) in [6.45, 7) is 1.93. The topological polar surface area (TPSA) is 122 Å². The molecule has 1 atom stereocenters.